The molecule has 0 fully saturated rings. The Morgan fingerprint density at radius 2 is 1.45 bits per heavy atom. The van der Waals surface area contributed by atoms with Gasteiger partial charge in [0.05, 0.1) is 18.8 Å². The summed E-state index contributed by atoms with van der Waals surface area (Å²) in [5, 5.41) is 22.2. The zero-order valence-electron chi connectivity index (χ0n) is 14.6. The highest BCUT2D eigenvalue weighted by Gasteiger charge is 2.19. The average Bonchev–Trinajstić information content (AvgIpc) is 2.52. The van der Waals surface area contributed by atoms with Crippen molar-refractivity contribution in [3.8, 4) is 0 Å². The maximum absolute atomic E-state index is 11.8. The normalized spacial score (nSPS) is 13.8. The van der Waals surface area contributed by atoms with Crippen LogP contribution in [-0.4, -0.2) is 34.9 Å². The van der Waals surface area contributed by atoms with Crippen molar-refractivity contribution < 1.29 is 15.0 Å². The van der Waals surface area contributed by atoms with Crippen molar-refractivity contribution in [1.29, 1.82) is 0 Å². The summed E-state index contributed by atoms with van der Waals surface area (Å²) < 4.78 is 0. The van der Waals surface area contributed by atoms with Crippen LogP contribution < -0.4 is 5.32 Å². The van der Waals surface area contributed by atoms with Crippen molar-refractivity contribution in [2.24, 2.45) is 0 Å². The number of hydrogen-bond donors (Lipinski definition) is 3. The molecule has 0 radical (unpaired) electrons. The van der Waals surface area contributed by atoms with E-state index >= 15 is 0 Å². The predicted octanol–water partition coefficient (Wildman–Crippen LogP) is 3.55. The topological polar surface area (TPSA) is 69.6 Å². The standard InChI is InChI=1S/C18H37NO3/c1-3-5-7-9-10-11-13-17(21)16(15-20)19-18(22)14-12-8-6-4-2/h16-17,20-21H,3-15H2,1-2H3,(H,19,22). The van der Waals surface area contributed by atoms with E-state index in [1.807, 2.05) is 0 Å². The van der Waals surface area contributed by atoms with E-state index in [-0.39, 0.29) is 12.5 Å². The molecule has 0 heterocycles. The van der Waals surface area contributed by atoms with E-state index in [2.05, 4.69) is 19.2 Å². The fourth-order valence-electron chi connectivity index (χ4n) is 2.59. The molecule has 1 amide bonds. The molecule has 0 aliphatic carbocycles. The number of unbranched alkanes of at least 4 members (excludes halogenated alkanes) is 8. The number of nitrogens with one attached hydrogen (secondary N) is 1. The zero-order valence-corrected chi connectivity index (χ0v) is 14.6. The summed E-state index contributed by atoms with van der Waals surface area (Å²) in [5.74, 6) is -0.0582. The van der Waals surface area contributed by atoms with Crippen molar-refractivity contribution in [1.82, 2.24) is 5.32 Å². The van der Waals surface area contributed by atoms with Gasteiger partial charge in [0.2, 0.25) is 5.91 Å². The van der Waals surface area contributed by atoms with Gasteiger partial charge in [-0.05, 0) is 12.8 Å². The summed E-state index contributed by atoms with van der Waals surface area (Å²) in [6.07, 6.45) is 11.8. The van der Waals surface area contributed by atoms with Gasteiger partial charge < -0.3 is 15.5 Å². The highest BCUT2D eigenvalue weighted by atomic mass is 16.3. The molecule has 0 spiro atoms. The Bertz CT molecular complexity index is 259. The third-order valence-corrected chi connectivity index (χ3v) is 4.12. The monoisotopic (exact) mass is 315 g/mol. The molecular formula is C18H37NO3. The smallest absolute Gasteiger partial charge is 0.220 e. The van der Waals surface area contributed by atoms with Gasteiger partial charge in [0.15, 0.2) is 0 Å². The van der Waals surface area contributed by atoms with Crippen LogP contribution in [0.1, 0.15) is 90.9 Å². The summed E-state index contributed by atoms with van der Waals surface area (Å²) in [5.41, 5.74) is 0. The second kappa shape index (κ2) is 15.3. The number of carbonyl (C=O) groups excluding carboxylic acids is 1. The van der Waals surface area contributed by atoms with Gasteiger partial charge >= 0.3 is 0 Å². The highest BCUT2D eigenvalue weighted by Crippen LogP contribution is 2.11. The maximum Gasteiger partial charge on any atom is 0.220 e. The summed E-state index contributed by atoms with van der Waals surface area (Å²) in [7, 11) is 0. The van der Waals surface area contributed by atoms with E-state index in [0.29, 0.717) is 12.8 Å². The summed E-state index contributed by atoms with van der Waals surface area (Å²) in [6.45, 7) is 4.14. The van der Waals surface area contributed by atoms with Crippen LogP contribution in [0.2, 0.25) is 0 Å². The lowest BCUT2D eigenvalue weighted by molar-refractivity contribution is -0.123. The fourth-order valence-corrected chi connectivity index (χ4v) is 2.59. The summed E-state index contributed by atoms with van der Waals surface area (Å²) in [6, 6.07) is -0.519. The second-order valence-electron chi connectivity index (χ2n) is 6.29. The molecule has 0 saturated carbocycles. The van der Waals surface area contributed by atoms with Crippen molar-refractivity contribution >= 4 is 5.91 Å². The molecule has 4 nitrogen and oxygen atoms in total. The van der Waals surface area contributed by atoms with Crippen LogP contribution in [0.5, 0.6) is 0 Å². The third kappa shape index (κ3) is 12.0. The van der Waals surface area contributed by atoms with Crippen LogP contribution >= 0.6 is 0 Å². The van der Waals surface area contributed by atoms with Crippen LogP contribution in [0.25, 0.3) is 0 Å². The van der Waals surface area contributed by atoms with Gasteiger partial charge in [-0.2, -0.15) is 0 Å². The molecule has 0 aromatic heterocycles. The number of hydrogen-bond acceptors (Lipinski definition) is 3. The van der Waals surface area contributed by atoms with E-state index in [0.717, 1.165) is 38.5 Å². The van der Waals surface area contributed by atoms with E-state index in [9.17, 15) is 15.0 Å². The van der Waals surface area contributed by atoms with E-state index in [4.69, 9.17) is 0 Å². The number of carbonyl (C=O) groups is 1. The minimum Gasteiger partial charge on any atom is -0.394 e. The molecule has 2 atom stereocenters. The first-order valence-electron chi connectivity index (χ1n) is 9.23. The Balaban J connectivity index is 3.79. The molecule has 2 unspecified atom stereocenters. The van der Waals surface area contributed by atoms with Gasteiger partial charge in [-0.15, -0.1) is 0 Å². The molecule has 0 aromatic rings. The molecule has 132 valence electrons. The Morgan fingerprint density at radius 1 is 0.909 bits per heavy atom. The molecule has 0 rings (SSSR count). The lowest BCUT2D eigenvalue weighted by atomic mass is 10.0. The molecule has 3 N–H and O–H groups in total. The van der Waals surface area contributed by atoms with Gasteiger partial charge in [-0.1, -0.05) is 71.6 Å². The molecule has 4 heteroatoms. The van der Waals surface area contributed by atoms with Crippen LogP contribution in [0, 0.1) is 0 Å². The van der Waals surface area contributed by atoms with Crippen molar-refractivity contribution in [2.45, 2.75) is 103 Å². The molecular weight excluding hydrogens is 278 g/mol. The largest absolute Gasteiger partial charge is 0.394 e. The molecule has 22 heavy (non-hydrogen) atoms. The van der Waals surface area contributed by atoms with Gasteiger partial charge in [0.1, 0.15) is 0 Å². The lowest BCUT2D eigenvalue weighted by Crippen LogP contribution is -2.45. The third-order valence-electron chi connectivity index (χ3n) is 4.12. The first-order chi connectivity index (χ1) is 10.7. The fraction of sp³-hybridized carbons (Fsp3) is 0.944. The van der Waals surface area contributed by atoms with Gasteiger partial charge in [-0.3, -0.25) is 4.79 Å². The Labute approximate surface area is 136 Å². The van der Waals surface area contributed by atoms with E-state index in [1.54, 1.807) is 0 Å². The van der Waals surface area contributed by atoms with E-state index < -0.39 is 12.1 Å². The predicted molar refractivity (Wildman–Crippen MR) is 91.8 cm³/mol. The second-order valence-corrected chi connectivity index (χ2v) is 6.29. The van der Waals surface area contributed by atoms with E-state index in [1.165, 1.54) is 25.7 Å². The van der Waals surface area contributed by atoms with Crippen LogP contribution in [0.3, 0.4) is 0 Å². The number of aliphatic hydroxyl groups is 2. The number of rotatable bonds is 15. The minimum atomic E-state index is -0.643. The van der Waals surface area contributed by atoms with Crippen LogP contribution in [0.4, 0.5) is 0 Å². The van der Waals surface area contributed by atoms with Crippen molar-refractivity contribution in [3.63, 3.8) is 0 Å². The van der Waals surface area contributed by atoms with Gasteiger partial charge in [0, 0.05) is 6.42 Å². The van der Waals surface area contributed by atoms with Crippen molar-refractivity contribution in [3.05, 3.63) is 0 Å². The van der Waals surface area contributed by atoms with Crippen LogP contribution in [0.15, 0.2) is 0 Å². The number of aliphatic hydroxyl groups excluding tert-OH is 2. The Hall–Kier alpha value is -0.610. The molecule has 0 bridgehead atoms. The lowest BCUT2D eigenvalue weighted by Gasteiger charge is -2.22. The number of amides is 1. The van der Waals surface area contributed by atoms with Gasteiger partial charge in [0.25, 0.3) is 0 Å². The first kappa shape index (κ1) is 21.4. The maximum atomic E-state index is 11.8. The molecule has 0 aliphatic rings. The summed E-state index contributed by atoms with van der Waals surface area (Å²) in [4.78, 5) is 11.8. The average molecular weight is 315 g/mol. The SMILES string of the molecule is CCCCCCCCC(O)C(CO)NC(=O)CCCCCC. The molecule has 0 aliphatic heterocycles. The van der Waals surface area contributed by atoms with Crippen molar-refractivity contribution in [2.75, 3.05) is 6.61 Å². The minimum absolute atomic E-state index is 0.0582. The quantitative estimate of drug-likeness (QED) is 0.405. The Morgan fingerprint density at radius 3 is 2.05 bits per heavy atom. The highest BCUT2D eigenvalue weighted by molar-refractivity contribution is 5.76. The molecule has 0 saturated heterocycles. The molecule has 0 aromatic carbocycles. The van der Waals surface area contributed by atoms with Crippen LogP contribution in [-0.2, 0) is 4.79 Å². The Kier molecular flexibility index (Phi) is 14.9. The van der Waals surface area contributed by atoms with Gasteiger partial charge in [-0.25, -0.2) is 0 Å². The zero-order chi connectivity index (χ0) is 16.6. The first-order valence-corrected chi connectivity index (χ1v) is 9.23. The summed E-state index contributed by atoms with van der Waals surface area (Å²) >= 11 is 0.